The Morgan fingerprint density at radius 1 is 0.495 bits per heavy atom. The van der Waals surface area contributed by atoms with E-state index in [0.717, 1.165) is 12.0 Å². The highest BCUT2D eigenvalue weighted by molar-refractivity contribution is 5.79. The zero-order chi connectivity index (χ0) is 70.7. The van der Waals surface area contributed by atoms with Gasteiger partial charge >= 0.3 is 5.97 Å². The average Bonchev–Trinajstić information content (AvgIpc) is 0.675. The Balaban J connectivity index is 0.772. The van der Waals surface area contributed by atoms with Gasteiger partial charge in [-0.2, -0.15) is 0 Å². The predicted octanol–water partition coefficient (Wildman–Crippen LogP) is -5.75. The molecule has 5 aliphatic carbocycles. The molecule has 32 heteroatoms. The normalized spacial score (nSPS) is 54.7. The van der Waals surface area contributed by atoms with Gasteiger partial charge in [0, 0.05) is 5.41 Å². The smallest absolute Gasteiger partial charge is 0.315 e. The van der Waals surface area contributed by atoms with Gasteiger partial charge in [0.25, 0.3) is 0 Å². The third-order valence-electron chi connectivity index (χ3n) is 25.3. The number of aliphatic hydroxyl groups excluding tert-OH is 19. The van der Waals surface area contributed by atoms with E-state index in [-0.39, 0.29) is 35.2 Å². The number of carbonyl (C=O) groups is 1. The van der Waals surface area contributed by atoms with Gasteiger partial charge < -0.3 is 154 Å². The van der Waals surface area contributed by atoms with Gasteiger partial charge in [-0.15, -0.1) is 0 Å². The monoisotopic (exact) mass is 1400 g/mol. The first-order valence-corrected chi connectivity index (χ1v) is 34.3. The number of fused-ring (bicyclic) bond motifs is 7. The lowest BCUT2D eigenvalue weighted by Crippen LogP contribution is -2.67. The molecule has 11 rings (SSSR count). The van der Waals surface area contributed by atoms with Crippen molar-refractivity contribution in [2.45, 2.75) is 297 Å². The number of ether oxygens (including phenoxy) is 12. The van der Waals surface area contributed by atoms with E-state index in [4.69, 9.17) is 56.8 Å². The summed E-state index contributed by atoms with van der Waals surface area (Å²) in [6, 6.07) is 0. The lowest BCUT2D eigenvalue weighted by atomic mass is 9.33. The zero-order valence-corrected chi connectivity index (χ0v) is 55.7. The molecular formula is C65H106O32. The van der Waals surface area contributed by atoms with E-state index in [2.05, 4.69) is 40.7 Å². The van der Waals surface area contributed by atoms with Gasteiger partial charge in [0.2, 0.25) is 6.29 Å². The second kappa shape index (κ2) is 28.8. The summed E-state index contributed by atoms with van der Waals surface area (Å²) in [5, 5.41) is 206. The van der Waals surface area contributed by atoms with Gasteiger partial charge in [-0.3, -0.25) is 4.79 Å². The molecule has 0 unspecified atom stereocenters. The Hall–Kier alpha value is -1.99. The minimum Gasteiger partial charge on any atom is -0.432 e. The maximum Gasteiger partial charge on any atom is 0.315 e. The summed E-state index contributed by atoms with van der Waals surface area (Å²) in [6.45, 7) is 10.9. The number of aliphatic hydroxyl groups is 19. The Kier molecular flexibility index (Phi) is 22.6. The van der Waals surface area contributed by atoms with Crippen LogP contribution in [-0.4, -0.2) is 327 Å². The van der Waals surface area contributed by atoms with Gasteiger partial charge in [0.05, 0.1) is 57.3 Å². The third-order valence-corrected chi connectivity index (χ3v) is 25.3. The van der Waals surface area contributed by atoms with Crippen molar-refractivity contribution in [3.8, 4) is 0 Å². The van der Waals surface area contributed by atoms with Crippen LogP contribution in [0.25, 0.3) is 0 Å². The fourth-order valence-electron chi connectivity index (χ4n) is 19.0. The van der Waals surface area contributed by atoms with Crippen molar-refractivity contribution in [1.29, 1.82) is 0 Å². The van der Waals surface area contributed by atoms with E-state index >= 15 is 4.79 Å². The van der Waals surface area contributed by atoms with E-state index in [0.29, 0.717) is 57.8 Å². The third kappa shape index (κ3) is 13.2. The molecule has 6 saturated heterocycles. The molecule has 19 N–H and O–H groups in total. The minimum absolute atomic E-state index is 0.0526. The molecule has 11 aliphatic rings. The van der Waals surface area contributed by atoms with Crippen LogP contribution in [0.15, 0.2) is 11.6 Å². The van der Waals surface area contributed by atoms with Gasteiger partial charge in [0.15, 0.2) is 31.5 Å². The molecule has 10 fully saturated rings. The lowest BCUT2D eigenvalue weighted by molar-refractivity contribution is -0.390. The first-order chi connectivity index (χ1) is 45.6. The molecule has 38 atom stereocenters. The summed E-state index contributed by atoms with van der Waals surface area (Å²) in [5.74, 6) is -1.05. The van der Waals surface area contributed by atoms with Crippen LogP contribution < -0.4 is 0 Å². The summed E-state index contributed by atoms with van der Waals surface area (Å²) in [6.07, 6.45) is -42.2. The van der Waals surface area contributed by atoms with Crippen LogP contribution in [0.5, 0.6) is 0 Å². The first kappa shape index (κ1) is 76.1. The topological polar surface area (TPSA) is 512 Å². The number of hydrogen-bond acceptors (Lipinski definition) is 32. The molecule has 0 aromatic heterocycles. The first-order valence-electron chi connectivity index (χ1n) is 34.3. The molecule has 6 heterocycles. The van der Waals surface area contributed by atoms with Gasteiger partial charge in [-0.05, 0) is 111 Å². The van der Waals surface area contributed by atoms with Crippen molar-refractivity contribution in [3.63, 3.8) is 0 Å². The largest absolute Gasteiger partial charge is 0.432 e. The predicted molar refractivity (Wildman–Crippen MR) is 322 cm³/mol. The second-order valence-corrected chi connectivity index (χ2v) is 31.3. The summed E-state index contributed by atoms with van der Waals surface area (Å²) in [7, 11) is 0. The summed E-state index contributed by atoms with van der Waals surface area (Å²) in [4.78, 5) is 15.2. The van der Waals surface area contributed by atoms with Gasteiger partial charge in [-0.25, -0.2) is 0 Å². The summed E-state index contributed by atoms with van der Waals surface area (Å²) in [5.41, 5.74) is -2.30. The second-order valence-electron chi connectivity index (χ2n) is 31.3. The molecule has 0 amide bonds. The number of carbonyl (C=O) groups excluding carboxylic acids is 1. The van der Waals surface area contributed by atoms with Crippen molar-refractivity contribution in [2.75, 3.05) is 39.6 Å². The Morgan fingerprint density at radius 2 is 1.03 bits per heavy atom. The molecule has 0 aromatic carbocycles. The Labute approximate surface area is 561 Å². The molecule has 0 radical (unpaired) electrons. The van der Waals surface area contributed by atoms with E-state index in [9.17, 15) is 97.0 Å². The molecule has 558 valence electrons. The minimum atomic E-state index is -2.06. The molecule has 0 spiro atoms. The SMILES string of the molecule is C[C@@H]1O[C@@H](O[C@H]2[C@H](O[C@H]3CC[C@@]4(C)[C@@H](CC[C@]5(C)[C@@H]4CC=C4[C@@H]6CC(C)(C)CC[C@]6(C(=O)O[C@@H]6O[C@H](CO[C@@H]7O[C@H](CO)[C@@H](O)[C@H](O)[C@H]7O)[C@@H](O)[C@H](O)[C@H]6O)CC[C@]45C)[C@]3(C)CO)OC[C@@H](O)[C@@H]2O)[C@H](O)[C@H](O[C@@H]2O[C@H](CO)[C@@H](O[C@@H]3O[C@H](CO)[C@@H](O)[C@H](O)[C@H]3O)[C@H](O)[C@H]2O)[C@H]1O. The van der Waals surface area contributed by atoms with Crippen molar-refractivity contribution in [1.82, 2.24) is 0 Å². The van der Waals surface area contributed by atoms with Crippen LogP contribution in [0.4, 0.5) is 0 Å². The van der Waals surface area contributed by atoms with Crippen LogP contribution in [-0.2, 0) is 61.6 Å². The van der Waals surface area contributed by atoms with E-state index < -0.39 is 245 Å². The quantitative estimate of drug-likeness (QED) is 0.0366. The Morgan fingerprint density at radius 3 is 1.66 bits per heavy atom. The van der Waals surface area contributed by atoms with E-state index in [1.54, 1.807) is 0 Å². The Bertz CT molecular complexity index is 2710. The van der Waals surface area contributed by atoms with Crippen molar-refractivity contribution >= 4 is 5.97 Å². The maximum absolute atomic E-state index is 15.2. The van der Waals surface area contributed by atoms with Crippen LogP contribution in [0.1, 0.15) is 113 Å². The van der Waals surface area contributed by atoms with Crippen molar-refractivity contribution < 1.29 is 159 Å². The molecule has 6 aliphatic heterocycles. The molecule has 4 saturated carbocycles. The molecular weight excluding hydrogens is 1290 g/mol. The van der Waals surface area contributed by atoms with Gasteiger partial charge in [0.1, 0.15) is 134 Å². The van der Waals surface area contributed by atoms with Crippen LogP contribution in [0.2, 0.25) is 0 Å². The molecule has 32 nitrogen and oxygen atoms in total. The summed E-state index contributed by atoms with van der Waals surface area (Å²) < 4.78 is 71.2. The molecule has 0 aromatic rings. The van der Waals surface area contributed by atoms with E-state index in [1.807, 2.05) is 6.92 Å². The molecule has 97 heavy (non-hydrogen) atoms. The maximum atomic E-state index is 15.2. The number of esters is 1. The van der Waals surface area contributed by atoms with Crippen molar-refractivity contribution in [3.05, 3.63) is 11.6 Å². The summed E-state index contributed by atoms with van der Waals surface area (Å²) >= 11 is 0. The highest BCUT2D eigenvalue weighted by Gasteiger charge is 2.71. The standard InChI is InChI=1S/C65H106O32/c1-25-36(71)51(95-55-48(83)44(79)50(31(21-68)91-55)94-54-46(81)42(77)39(74)30(20-67)90-54)49(84)57(88-25)96-52-37(72)28(70)22-86-58(52)93-35-11-12-61(4)33(62(35,5)24-69)10-13-64(7)34(61)9-8-26-27-18-60(2,3)14-16-65(27,17-15-63(26,64)6)59(85)97-56-47(82)43(78)40(75)32(92-56)23-87-53-45(80)41(76)38(73)29(19-66)89-53/h8,25,27-58,66-84H,9-24H2,1-7H3/t25-,27-,28+,29+,30+,31+,32+,33+,34+,35-,36-,37-,38+,39+,40+,41-,42-,43-,44+,45+,46+,47+,48+,49+,50+,51+,52+,53+,54-,55-,56-,57-,58-,61-,62-,63+,64+,65-/m0/s1. The van der Waals surface area contributed by atoms with Crippen LogP contribution in [0.3, 0.4) is 0 Å². The van der Waals surface area contributed by atoms with Gasteiger partial charge in [-0.1, -0.05) is 53.2 Å². The fourth-order valence-corrected chi connectivity index (χ4v) is 19.0. The van der Waals surface area contributed by atoms with Crippen LogP contribution >= 0.6 is 0 Å². The molecule has 0 bridgehead atoms. The van der Waals surface area contributed by atoms with E-state index in [1.165, 1.54) is 6.92 Å². The van der Waals surface area contributed by atoms with Crippen molar-refractivity contribution in [2.24, 2.45) is 50.2 Å². The lowest BCUT2D eigenvalue weighted by Gasteiger charge is -2.71. The zero-order valence-electron chi connectivity index (χ0n) is 55.7. The highest BCUT2D eigenvalue weighted by Crippen LogP contribution is 2.76. The fraction of sp³-hybridized carbons (Fsp3) is 0.954. The number of allylic oxidation sites excluding steroid dienone is 2. The highest BCUT2D eigenvalue weighted by atomic mass is 16.8. The number of rotatable bonds is 17. The van der Waals surface area contributed by atoms with Crippen LogP contribution in [0, 0.1) is 50.2 Å². The number of hydrogen-bond donors (Lipinski definition) is 19. The average molecular weight is 1400 g/mol.